The molecule has 6 nitrogen and oxygen atoms in total. The summed E-state index contributed by atoms with van der Waals surface area (Å²) in [7, 11) is 0. The number of aliphatic imine (C=N–C) groups is 2. The first kappa shape index (κ1) is 21.5. The summed E-state index contributed by atoms with van der Waals surface area (Å²) in [6.07, 6.45) is 16.6. The third kappa shape index (κ3) is 4.03. The number of aliphatic hydroxyl groups excluding tert-OH is 1. The maximum Gasteiger partial charge on any atom is 0.0900 e. The number of aliphatic hydroxyl groups is 1. The molecule has 0 saturated heterocycles. The number of aromatic amines is 2. The molecule has 6 heteroatoms. The standard InChI is InChI=1S/C31H23N5O/c37-13-12-20-14-27-28-17-25-10-8-23(33-25)15-21-6-7-22(32-21)16-24-9-11-26(34-24)18-29(35-28)31(27)36-30(20)19-4-2-1-3-5-19/h1-11,14-18,32,36-37H,12-13H2. The number of H-pyrrole nitrogens is 2. The van der Waals surface area contributed by atoms with E-state index < -0.39 is 0 Å². The molecule has 0 radical (unpaired) electrons. The second kappa shape index (κ2) is 8.69. The lowest BCUT2D eigenvalue weighted by molar-refractivity contribution is 0.299. The second-order valence-electron chi connectivity index (χ2n) is 9.22. The van der Waals surface area contributed by atoms with Crippen LogP contribution in [-0.4, -0.2) is 38.1 Å². The number of hydrogen-bond donors (Lipinski definition) is 3. The van der Waals surface area contributed by atoms with Crippen molar-refractivity contribution in [2.45, 2.75) is 6.42 Å². The predicted octanol–water partition coefficient (Wildman–Crippen LogP) is 4.02. The highest BCUT2D eigenvalue weighted by molar-refractivity contribution is 6.20. The van der Waals surface area contributed by atoms with E-state index in [1.807, 2.05) is 78.9 Å². The first-order valence-electron chi connectivity index (χ1n) is 12.3. The summed E-state index contributed by atoms with van der Waals surface area (Å²) in [5, 5.41) is 11.8. The molecule has 0 atom stereocenters. The lowest BCUT2D eigenvalue weighted by atomic mass is 9.98. The molecule has 7 rings (SSSR count). The van der Waals surface area contributed by atoms with Crippen LogP contribution in [0, 0.1) is 0 Å². The molecule has 3 N–H and O–H groups in total. The Hall–Kier alpha value is -4.81. The molecule has 0 aliphatic carbocycles. The zero-order valence-electron chi connectivity index (χ0n) is 19.9. The molecule has 2 aromatic rings. The quantitative estimate of drug-likeness (QED) is 0.413. The van der Waals surface area contributed by atoms with Gasteiger partial charge in [0.15, 0.2) is 0 Å². The van der Waals surface area contributed by atoms with Crippen LogP contribution < -0.4 is 10.7 Å². The van der Waals surface area contributed by atoms with E-state index in [-0.39, 0.29) is 6.61 Å². The van der Waals surface area contributed by atoms with Crippen molar-refractivity contribution in [3.05, 3.63) is 112 Å². The van der Waals surface area contributed by atoms with E-state index in [4.69, 9.17) is 15.0 Å². The van der Waals surface area contributed by atoms with Gasteiger partial charge in [0.2, 0.25) is 0 Å². The number of rotatable bonds is 3. The highest BCUT2D eigenvalue weighted by atomic mass is 16.2. The molecule has 0 spiro atoms. The van der Waals surface area contributed by atoms with Gasteiger partial charge in [0, 0.05) is 28.6 Å². The normalized spacial score (nSPS) is 15.7. The van der Waals surface area contributed by atoms with Crippen LogP contribution in [-0.2, 0) is 6.42 Å². The van der Waals surface area contributed by atoms with E-state index in [1.54, 1.807) is 0 Å². The summed E-state index contributed by atoms with van der Waals surface area (Å²) in [5.41, 5.74) is 10.1. The van der Waals surface area contributed by atoms with Crippen molar-refractivity contribution in [3.63, 3.8) is 0 Å². The Balaban J connectivity index is 1.49. The summed E-state index contributed by atoms with van der Waals surface area (Å²) in [6, 6.07) is 16.4. The first-order chi connectivity index (χ1) is 18.2. The minimum Gasteiger partial charge on any atom is -0.396 e. The van der Waals surface area contributed by atoms with Crippen LogP contribution in [0.4, 0.5) is 0 Å². The molecule has 6 heterocycles. The Labute approximate surface area is 213 Å². The van der Waals surface area contributed by atoms with E-state index in [0.717, 1.165) is 73.0 Å². The number of nitrogens with one attached hydrogen (secondary N) is 2. The molecule has 8 bridgehead atoms. The molecular weight excluding hydrogens is 458 g/mol. The number of hydrogen-bond acceptors (Lipinski definition) is 4. The van der Waals surface area contributed by atoms with Crippen LogP contribution >= 0.6 is 0 Å². The van der Waals surface area contributed by atoms with Crippen LogP contribution in [0.3, 0.4) is 0 Å². The lowest BCUT2D eigenvalue weighted by Gasteiger charge is -2.14. The summed E-state index contributed by atoms with van der Waals surface area (Å²) in [6.45, 7) is 0.0615. The fraction of sp³-hybridized carbons (Fsp3) is 0.0645. The monoisotopic (exact) mass is 481 g/mol. The van der Waals surface area contributed by atoms with Crippen molar-refractivity contribution in [1.82, 2.24) is 15.0 Å². The molecule has 37 heavy (non-hydrogen) atoms. The van der Waals surface area contributed by atoms with Gasteiger partial charge in [0.05, 0.1) is 39.9 Å². The van der Waals surface area contributed by atoms with Gasteiger partial charge in [-0.05, 0) is 84.4 Å². The Kier molecular flexibility index (Phi) is 5.04. The molecule has 0 saturated carbocycles. The van der Waals surface area contributed by atoms with Gasteiger partial charge in [-0.2, -0.15) is 0 Å². The SMILES string of the molecule is OCCc1cc2c3nc(c-2[nH]c1-c1ccccc1)C=C1C=CC(=N1)C=c1ccc([nH]1)=CC1=NC(=C3)C=C1. The molecule has 5 aliphatic heterocycles. The van der Waals surface area contributed by atoms with Crippen LogP contribution in [0.15, 0.2) is 94.2 Å². The van der Waals surface area contributed by atoms with E-state index in [9.17, 15) is 5.11 Å². The average molecular weight is 482 g/mol. The summed E-state index contributed by atoms with van der Waals surface area (Å²) < 4.78 is 0. The molecule has 0 fully saturated rings. The average Bonchev–Trinajstić information content (AvgIpc) is 3.70. The summed E-state index contributed by atoms with van der Waals surface area (Å²) in [5.74, 6) is 0. The van der Waals surface area contributed by atoms with Gasteiger partial charge < -0.3 is 15.1 Å². The van der Waals surface area contributed by atoms with Crippen molar-refractivity contribution >= 4 is 35.7 Å². The second-order valence-corrected chi connectivity index (χ2v) is 9.22. The Morgan fingerprint density at radius 2 is 1.35 bits per heavy atom. The fourth-order valence-electron chi connectivity index (χ4n) is 4.94. The van der Waals surface area contributed by atoms with Gasteiger partial charge in [-0.15, -0.1) is 0 Å². The lowest BCUT2D eigenvalue weighted by Crippen LogP contribution is -2.12. The van der Waals surface area contributed by atoms with Gasteiger partial charge in [0.1, 0.15) is 0 Å². The number of fused-ring (bicyclic) bond motifs is 9. The first-order valence-corrected chi connectivity index (χ1v) is 12.3. The van der Waals surface area contributed by atoms with Crippen LogP contribution in [0.25, 0.3) is 46.8 Å². The van der Waals surface area contributed by atoms with Crippen molar-refractivity contribution in [2.24, 2.45) is 9.98 Å². The van der Waals surface area contributed by atoms with Crippen molar-refractivity contribution < 1.29 is 5.11 Å². The number of allylic oxidation sites excluding steroid dienone is 4. The van der Waals surface area contributed by atoms with Gasteiger partial charge in [-0.3, -0.25) is 0 Å². The maximum absolute atomic E-state index is 9.81. The zero-order valence-corrected chi connectivity index (χ0v) is 19.9. The molecule has 0 unspecified atom stereocenters. The van der Waals surface area contributed by atoms with E-state index in [0.29, 0.717) is 6.42 Å². The van der Waals surface area contributed by atoms with E-state index in [2.05, 4.69) is 28.2 Å². The molecule has 1 aromatic carbocycles. The minimum absolute atomic E-state index is 0.0615. The molecule has 1 aromatic heterocycles. The van der Waals surface area contributed by atoms with Gasteiger partial charge >= 0.3 is 0 Å². The maximum atomic E-state index is 9.81. The van der Waals surface area contributed by atoms with Gasteiger partial charge in [-0.1, -0.05) is 30.3 Å². The largest absolute Gasteiger partial charge is 0.396 e. The van der Waals surface area contributed by atoms with Crippen LogP contribution in [0.5, 0.6) is 0 Å². The topological polar surface area (TPSA) is 89.4 Å². The van der Waals surface area contributed by atoms with Gasteiger partial charge in [0.25, 0.3) is 0 Å². The number of pyridine rings is 1. The Bertz CT molecular complexity index is 1820. The van der Waals surface area contributed by atoms with Crippen molar-refractivity contribution in [3.8, 4) is 22.5 Å². The van der Waals surface area contributed by atoms with E-state index in [1.165, 1.54) is 0 Å². The predicted molar refractivity (Wildman–Crippen MR) is 150 cm³/mol. The van der Waals surface area contributed by atoms with E-state index >= 15 is 0 Å². The third-order valence-electron chi connectivity index (χ3n) is 6.65. The molecule has 5 aliphatic rings. The van der Waals surface area contributed by atoms with Crippen molar-refractivity contribution in [1.29, 1.82) is 0 Å². The Morgan fingerprint density at radius 3 is 2.03 bits per heavy atom. The minimum atomic E-state index is 0.0615. The number of aromatic nitrogens is 3. The Morgan fingerprint density at radius 1 is 0.676 bits per heavy atom. The third-order valence-corrected chi connectivity index (χ3v) is 6.65. The van der Waals surface area contributed by atoms with Crippen LogP contribution in [0.1, 0.15) is 17.0 Å². The molecule has 0 amide bonds. The van der Waals surface area contributed by atoms with Crippen molar-refractivity contribution in [2.75, 3.05) is 6.61 Å². The molecule has 178 valence electrons. The number of nitrogens with zero attached hydrogens (tertiary/aromatic N) is 3. The fourth-order valence-corrected chi connectivity index (χ4v) is 4.94. The highest BCUT2D eigenvalue weighted by Gasteiger charge is 2.21. The summed E-state index contributed by atoms with van der Waals surface area (Å²) >= 11 is 0. The highest BCUT2D eigenvalue weighted by Crippen LogP contribution is 2.37. The smallest absolute Gasteiger partial charge is 0.0900 e. The summed E-state index contributed by atoms with van der Waals surface area (Å²) in [4.78, 5) is 21.7. The van der Waals surface area contributed by atoms with Gasteiger partial charge in [-0.25, -0.2) is 15.0 Å². The number of benzene rings is 1. The van der Waals surface area contributed by atoms with Crippen LogP contribution in [0.2, 0.25) is 0 Å². The zero-order chi connectivity index (χ0) is 24.8. The molecular formula is C31H23N5O.